The van der Waals surface area contributed by atoms with E-state index in [1.165, 1.54) is 30.4 Å². The van der Waals surface area contributed by atoms with Gasteiger partial charge in [-0.25, -0.2) is 0 Å². The molecule has 1 N–H and O–H groups in total. The fraction of sp³-hybridized carbons (Fsp3) is 0.600. The minimum atomic E-state index is 0.720. The zero-order valence-electron chi connectivity index (χ0n) is 11.1. The first-order valence-corrected chi connectivity index (χ1v) is 6.40. The van der Waals surface area contributed by atoms with Crippen LogP contribution < -0.4 is 5.32 Å². The number of nitrogens with one attached hydrogen (secondary N) is 1. The molecular weight excluding hydrogens is 194 g/mol. The van der Waals surface area contributed by atoms with Gasteiger partial charge in [-0.05, 0) is 57.3 Å². The molecule has 0 aliphatic carbocycles. The lowest BCUT2D eigenvalue weighted by Gasteiger charge is -2.19. The quantitative estimate of drug-likeness (QED) is 0.767. The van der Waals surface area contributed by atoms with Crippen molar-refractivity contribution in [3.63, 3.8) is 0 Å². The van der Waals surface area contributed by atoms with E-state index < -0.39 is 0 Å². The third-order valence-electron chi connectivity index (χ3n) is 3.25. The molecule has 1 unspecified atom stereocenters. The zero-order valence-corrected chi connectivity index (χ0v) is 11.1. The molecule has 1 nitrogen and oxygen atoms in total. The van der Waals surface area contributed by atoms with Gasteiger partial charge in [0.25, 0.3) is 0 Å². The van der Waals surface area contributed by atoms with Crippen LogP contribution in [0, 0.1) is 13.8 Å². The summed E-state index contributed by atoms with van der Waals surface area (Å²) in [6, 6.07) is 6.83. The van der Waals surface area contributed by atoms with Crippen molar-refractivity contribution in [1.29, 1.82) is 0 Å². The molecule has 1 rings (SSSR count). The highest BCUT2D eigenvalue weighted by Crippen LogP contribution is 2.28. The maximum atomic E-state index is 3.26. The first-order chi connectivity index (χ1) is 7.69. The summed E-state index contributed by atoms with van der Waals surface area (Å²) in [7, 11) is 2.03. The van der Waals surface area contributed by atoms with Crippen LogP contribution in [0.15, 0.2) is 18.2 Å². The van der Waals surface area contributed by atoms with Crippen molar-refractivity contribution in [3.8, 4) is 0 Å². The summed E-state index contributed by atoms with van der Waals surface area (Å²) in [5.41, 5.74) is 4.38. The molecule has 0 heterocycles. The van der Waals surface area contributed by atoms with E-state index in [9.17, 15) is 0 Å². The molecule has 0 spiro atoms. The van der Waals surface area contributed by atoms with E-state index in [1.807, 2.05) is 7.05 Å². The normalized spacial score (nSPS) is 12.8. The molecule has 1 aromatic rings. The van der Waals surface area contributed by atoms with E-state index >= 15 is 0 Å². The van der Waals surface area contributed by atoms with Crippen molar-refractivity contribution in [2.24, 2.45) is 0 Å². The van der Waals surface area contributed by atoms with Crippen molar-refractivity contribution in [3.05, 3.63) is 34.9 Å². The lowest BCUT2D eigenvalue weighted by molar-refractivity contribution is 0.549. The molecular formula is C15H25N. The van der Waals surface area contributed by atoms with Crippen molar-refractivity contribution in [2.45, 2.75) is 46.0 Å². The largest absolute Gasteiger partial charge is 0.320 e. The van der Waals surface area contributed by atoms with Gasteiger partial charge in [-0.2, -0.15) is 0 Å². The van der Waals surface area contributed by atoms with Crippen LogP contribution in [0.1, 0.15) is 48.8 Å². The summed E-state index contributed by atoms with van der Waals surface area (Å²) in [5, 5.41) is 3.26. The Morgan fingerprint density at radius 3 is 2.56 bits per heavy atom. The smallest absolute Gasteiger partial charge is 0.00461 e. The molecule has 1 atom stereocenters. The molecule has 0 amide bonds. The highest BCUT2D eigenvalue weighted by Gasteiger charge is 2.12. The van der Waals surface area contributed by atoms with E-state index in [1.54, 1.807) is 5.56 Å². The summed E-state index contributed by atoms with van der Waals surface area (Å²) in [6.07, 6.45) is 3.81. The monoisotopic (exact) mass is 219 g/mol. The van der Waals surface area contributed by atoms with Crippen LogP contribution in [-0.4, -0.2) is 13.6 Å². The minimum Gasteiger partial charge on any atom is -0.320 e. The van der Waals surface area contributed by atoms with E-state index in [-0.39, 0.29) is 0 Å². The van der Waals surface area contributed by atoms with Gasteiger partial charge in [0.15, 0.2) is 0 Å². The minimum absolute atomic E-state index is 0.720. The van der Waals surface area contributed by atoms with Gasteiger partial charge in [0.1, 0.15) is 0 Å². The molecule has 0 aliphatic rings. The fourth-order valence-electron chi connectivity index (χ4n) is 2.32. The molecule has 1 heteroatoms. The summed E-state index contributed by atoms with van der Waals surface area (Å²) in [6.45, 7) is 7.80. The number of hydrogen-bond donors (Lipinski definition) is 1. The van der Waals surface area contributed by atoms with Gasteiger partial charge in [0.05, 0.1) is 0 Å². The standard InChI is InChI=1S/C15H25N/c1-5-6-14(9-10-16-4)15-11-12(2)7-8-13(15)3/h7-8,11,14,16H,5-6,9-10H2,1-4H3. The molecule has 0 radical (unpaired) electrons. The van der Waals surface area contributed by atoms with Gasteiger partial charge in [-0.3, -0.25) is 0 Å². The topological polar surface area (TPSA) is 12.0 Å². The second-order valence-electron chi connectivity index (χ2n) is 4.74. The third kappa shape index (κ3) is 3.64. The Morgan fingerprint density at radius 2 is 1.94 bits per heavy atom. The predicted octanol–water partition coefficient (Wildman–Crippen LogP) is 3.80. The zero-order chi connectivity index (χ0) is 12.0. The van der Waals surface area contributed by atoms with Crippen LogP contribution in [0.2, 0.25) is 0 Å². The molecule has 0 aliphatic heterocycles. The van der Waals surface area contributed by atoms with Gasteiger partial charge in [0.2, 0.25) is 0 Å². The Morgan fingerprint density at radius 1 is 1.19 bits per heavy atom. The highest BCUT2D eigenvalue weighted by atomic mass is 14.8. The molecule has 0 saturated carbocycles. The lowest BCUT2D eigenvalue weighted by Crippen LogP contribution is -2.13. The van der Waals surface area contributed by atoms with Crippen LogP contribution in [0.4, 0.5) is 0 Å². The molecule has 0 bridgehead atoms. The summed E-state index contributed by atoms with van der Waals surface area (Å²) in [5.74, 6) is 0.720. The van der Waals surface area contributed by atoms with Gasteiger partial charge < -0.3 is 5.32 Å². The van der Waals surface area contributed by atoms with E-state index in [4.69, 9.17) is 0 Å². The Kier molecular flexibility index (Phi) is 5.54. The van der Waals surface area contributed by atoms with Crippen LogP contribution in [0.3, 0.4) is 0 Å². The SMILES string of the molecule is CCCC(CCNC)c1cc(C)ccc1C. The van der Waals surface area contributed by atoms with Crippen molar-refractivity contribution in [1.82, 2.24) is 5.32 Å². The number of rotatable bonds is 6. The molecule has 0 fully saturated rings. The van der Waals surface area contributed by atoms with Gasteiger partial charge in [-0.1, -0.05) is 37.1 Å². The van der Waals surface area contributed by atoms with Crippen LogP contribution in [0.5, 0.6) is 0 Å². The van der Waals surface area contributed by atoms with Gasteiger partial charge in [0, 0.05) is 0 Å². The Hall–Kier alpha value is -0.820. The Bertz CT molecular complexity index is 317. The molecule has 16 heavy (non-hydrogen) atoms. The van der Waals surface area contributed by atoms with E-state index in [0.717, 1.165) is 12.5 Å². The predicted molar refractivity (Wildman–Crippen MR) is 72.1 cm³/mol. The second-order valence-corrected chi connectivity index (χ2v) is 4.74. The van der Waals surface area contributed by atoms with Crippen molar-refractivity contribution < 1.29 is 0 Å². The maximum absolute atomic E-state index is 3.26. The second kappa shape index (κ2) is 6.70. The lowest BCUT2D eigenvalue weighted by atomic mass is 9.87. The van der Waals surface area contributed by atoms with Crippen molar-refractivity contribution in [2.75, 3.05) is 13.6 Å². The first-order valence-electron chi connectivity index (χ1n) is 6.40. The van der Waals surface area contributed by atoms with E-state index in [2.05, 4.69) is 44.3 Å². The number of hydrogen-bond acceptors (Lipinski definition) is 1. The highest BCUT2D eigenvalue weighted by molar-refractivity contribution is 5.33. The molecule has 0 aromatic heterocycles. The van der Waals surface area contributed by atoms with Crippen molar-refractivity contribution >= 4 is 0 Å². The Balaban J connectivity index is 2.85. The van der Waals surface area contributed by atoms with Gasteiger partial charge >= 0.3 is 0 Å². The van der Waals surface area contributed by atoms with Crippen LogP contribution in [0.25, 0.3) is 0 Å². The Labute approximate surface area is 100 Å². The summed E-state index contributed by atoms with van der Waals surface area (Å²) < 4.78 is 0. The molecule has 1 aromatic carbocycles. The summed E-state index contributed by atoms with van der Waals surface area (Å²) >= 11 is 0. The van der Waals surface area contributed by atoms with Crippen LogP contribution >= 0.6 is 0 Å². The fourth-order valence-corrected chi connectivity index (χ4v) is 2.32. The van der Waals surface area contributed by atoms with Crippen LogP contribution in [-0.2, 0) is 0 Å². The molecule has 90 valence electrons. The van der Waals surface area contributed by atoms with Gasteiger partial charge in [-0.15, -0.1) is 0 Å². The first kappa shape index (κ1) is 13.2. The third-order valence-corrected chi connectivity index (χ3v) is 3.25. The maximum Gasteiger partial charge on any atom is -0.00461 e. The average molecular weight is 219 g/mol. The number of benzene rings is 1. The molecule has 0 saturated heterocycles. The average Bonchev–Trinajstić information content (AvgIpc) is 2.28. The number of aryl methyl sites for hydroxylation is 2. The van der Waals surface area contributed by atoms with E-state index in [0.29, 0.717) is 0 Å². The summed E-state index contributed by atoms with van der Waals surface area (Å²) in [4.78, 5) is 0.